The van der Waals surface area contributed by atoms with E-state index in [1.54, 1.807) is 48.5 Å². The molecular formula is C33H39Cl2N3O6S. The summed E-state index contributed by atoms with van der Waals surface area (Å²) in [5.74, 6) is -0.303. The maximum absolute atomic E-state index is 14.4. The van der Waals surface area contributed by atoms with Gasteiger partial charge in [0.2, 0.25) is 11.8 Å². The third-order valence-corrected chi connectivity index (χ3v) is 10.3. The molecule has 0 spiro atoms. The lowest BCUT2D eigenvalue weighted by Crippen LogP contribution is -2.54. The first-order valence-electron chi connectivity index (χ1n) is 14.9. The van der Waals surface area contributed by atoms with E-state index in [1.165, 1.54) is 37.3 Å². The largest absolute Gasteiger partial charge is 0.497 e. The minimum Gasteiger partial charge on any atom is -0.497 e. The second-order valence-corrected chi connectivity index (χ2v) is 13.6. The second kappa shape index (κ2) is 15.7. The highest BCUT2D eigenvalue weighted by atomic mass is 35.5. The number of carbonyl (C=O) groups is 2. The molecule has 4 rings (SSSR count). The van der Waals surface area contributed by atoms with E-state index < -0.39 is 28.5 Å². The molecule has 1 saturated carbocycles. The van der Waals surface area contributed by atoms with Crippen LogP contribution in [0.1, 0.15) is 51.0 Å². The Bertz CT molecular complexity index is 1580. The summed E-state index contributed by atoms with van der Waals surface area (Å²) >= 11 is 12.7. The number of carbonyl (C=O) groups excluding carboxylic acids is 2. The van der Waals surface area contributed by atoms with Gasteiger partial charge in [-0.25, -0.2) is 8.42 Å². The molecule has 3 aromatic rings. The summed E-state index contributed by atoms with van der Waals surface area (Å²) in [6.45, 7) is 1.15. The zero-order valence-corrected chi connectivity index (χ0v) is 28.0. The fourth-order valence-corrected chi connectivity index (χ4v) is 7.43. The number of sulfonamides is 1. The van der Waals surface area contributed by atoms with Crippen molar-refractivity contribution in [2.24, 2.45) is 0 Å². The molecule has 1 fully saturated rings. The number of benzene rings is 3. The molecule has 3 aromatic carbocycles. The average molecular weight is 677 g/mol. The summed E-state index contributed by atoms with van der Waals surface area (Å²) in [7, 11) is -1.42. The van der Waals surface area contributed by atoms with Crippen LogP contribution < -0.4 is 19.1 Å². The van der Waals surface area contributed by atoms with Gasteiger partial charge in [-0.15, -0.1) is 0 Å². The van der Waals surface area contributed by atoms with Gasteiger partial charge in [-0.3, -0.25) is 13.9 Å². The molecular weight excluding hydrogens is 637 g/mol. The molecule has 1 aliphatic carbocycles. The molecule has 0 bridgehead atoms. The number of methoxy groups -OCH3 is 2. The van der Waals surface area contributed by atoms with Crippen LogP contribution in [-0.4, -0.2) is 58.0 Å². The normalized spacial score (nSPS) is 14.3. The van der Waals surface area contributed by atoms with Crippen molar-refractivity contribution in [3.8, 4) is 11.5 Å². The molecule has 0 heterocycles. The SMILES string of the molecule is CCC(C(=O)NC1CCCCC1)N(Cc1ccc(Cl)cc1Cl)C(=O)CN(c1cc(OC)ccc1OC)S(=O)(=O)c1ccccc1. The molecule has 0 saturated heterocycles. The van der Waals surface area contributed by atoms with E-state index in [1.807, 2.05) is 6.92 Å². The van der Waals surface area contributed by atoms with Gasteiger partial charge in [-0.1, -0.05) is 73.7 Å². The number of amides is 2. The zero-order valence-electron chi connectivity index (χ0n) is 25.7. The van der Waals surface area contributed by atoms with Crippen LogP contribution in [0.25, 0.3) is 0 Å². The number of anilines is 1. The predicted octanol–water partition coefficient (Wildman–Crippen LogP) is 6.46. The summed E-state index contributed by atoms with van der Waals surface area (Å²) < 4.78 is 40.3. The van der Waals surface area contributed by atoms with E-state index in [0.717, 1.165) is 36.4 Å². The molecule has 45 heavy (non-hydrogen) atoms. The molecule has 1 unspecified atom stereocenters. The van der Waals surface area contributed by atoms with Crippen molar-refractivity contribution in [2.45, 2.75) is 69.0 Å². The Hall–Kier alpha value is -3.47. The number of hydrogen-bond acceptors (Lipinski definition) is 6. The molecule has 0 aromatic heterocycles. The highest BCUT2D eigenvalue weighted by Gasteiger charge is 2.36. The summed E-state index contributed by atoms with van der Waals surface area (Å²) in [4.78, 5) is 29.6. The fraction of sp³-hybridized carbons (Fsp3) is 0.394. The van der Waals surface area contributed by atoms with Crippen molar-refractivity contribution in [1.82, 2.24) is 10.2 Å². The van der Waals surface area contributed by atoms with Crippen LogP contribution >= 0.6 is 23.2 Å². The molecule has 1 aliphatic rings. The molecule has 0 radical (unpaired) electrons. The maximum atomic E-state index is 14.4. The van der Waals surface area contributed by atoms with Gasteiger partial charge >= 0.3 is 0 Å². The van der Waals surface area contributed by atoms with Crippen LogP contribution in [0.3, 0.4) is 0 Å². The smallest absolute Gasteiger partial charge is 0.264 e. The molecule has 12 heteroatoms. The quantitative estimate of drug-likeness (QED) is 0.223. The van der Waals surface area contributed by atoms with Crippen LogP contribution in [0.5, 0.6) is 11.5 Å². The molecule has 1 N–H and O–H groups in total. The Morgan fingerprint density at radius 1 is 0.956 bits per heavy atom. The predicted molar refractivity (Wildman–Crippen MR) is 177 cm³/mol. The van der Waals surface area contributed by atoms with Crippen molar-refractivity contribution < 1.29 is 27.5 Å². The number of halogens is 2. The van der Waals surface area contributed by atoms with Gasteiger partial charge in [0.05, 0.1) is 24.8 Å². The van der Waals surface area contributed by atoms with Gasteiger partial charge in [0.15, 0.2) is 0 Å². The minimum atomic E-state index is -4.30. The van der Waals surface area contributed by atoms with Crippen molar-refractivity contribution in [3.05, 3.63) is 82.3 Å². The first-order valence-corrected chi connectivity index (χ1v) is 17.1. The van der Waals surface area contributed by atoms with Crippen molar-refractivity contribution in [3.63, 3.8) is 0 Å². The topological polar surface area (TPSA) is 105 Å². The third kappa shape index (κ3) is 8.42. The van der Waals surface area contributed by atoms with Crippen LogP contribution in [0.15, 0.2) is 71.6 Å². The van der Waals surface area contributed by atoms with E-state index >= 15 is 0 Å². The number of rotatable bonds is 13. The molecule has 1 atom stereocenters. The van der Waals surface area contributed by atoms with E-state index in [2.05, 4.69) is 5.32 Å². The third-order valence-electron chi connectivity index (χ3n) is 7.96. The standard InChI is InChI=1S/C33H39Cl2N3O6S/c1-4-29(33(40)36-25-11-7-5-8-12-25)37(21-23-15-16-24(34)19-28(23)35)32(39)22-38(45(41,42)27-13-9-6-10-14-27)30-20-26(43-2)17-18-31(30)44-3/h6,9-10,13-20,25,29H,4-5,7-8,11-12,21-22H2,1-3H3,(H,36,40). The van der Waals surface area contributed by atoms with Crippen molar-refractivity contribution in [2.75, 3.05) is 25.1 Å². The Morgan fingerprint density at radius 3 is 2.29 bits per heavy atom. The highest BCUT2D eigenvalue weighted by Crippen LogP contribution is 2.36. The molecule has 0 aliphatic heterocycles. The lowest BCUT2D eigenvalue weighted by molar-refractivity contribution is -0.140. The van der Waals surface area contributed by atoms with E-state index in [-0.39, 0.29) is 34.8 Å². The summed E-state index contributed by atoms with van der Waals surface area (Å²) in [5.41, 5.74) is 0.674. The Balaban J connectivity index is 1.78. The van der Waals surface area contributed by atoms with Gasteiger partial charge in [-0.05, 0) is 61.2 Å². The zero-order chi connectivity index (χ0) is 32.6. The lowest BCUT2D eigenvalue weighted by Gasteiger charge is -2.35. The Kier molecular flexibility index (Phi) is 12.0. The van der Waals surface area contributed by atoms with Gasteiger partial charge in [-0.2, -0.15) is 0 Å². The van der Waals surface area contributed by atoms with Gasteiger partial charge < -0.3 is 19.7 Å². The van der Waals surface area contributed by atoms with Gasteiger partial charge in [0.25, 0.3) is 10.0 Å². The minimum absolute atomic E-state index is 0.0166. The van der Waals surface area contributed by atoms with Crippen LogP contribution in [0, 0.1) is 0 Å². The molecule has 242 valence electrons. The van der Waals surface area contributed by atoms with Crippen LogP contribution in [0.4, 0.5) is 5.69 Å². The molecule has 9 nitrogen and oxygen atoms in total. The van der Waals surface area contributed by atoms with Crippen LogP contribution in [0.2, 0.25) is 10.0 Å². The van der Waals surface area contributed by atoms with E-state index in [4.69, 9.17) is 32.7 Å². The number of hydrogen-bond donors (Lipinski definition) is 1. The Labute approximate surface area is 275 Å². The van der Waals surface area contributed by atoms with E-state index in [0.29, 0.717) is 27.8 Å². The lowest BCUT2D eigenvalue weighted by atomic mass is 9.95. The van der Waals surface area contributed by atoms with Crippen molar-refractivity contribution in [1.29, 1.82) is 0 Å². The fourth-order valence-electron chi connectivity index (χ4n) is 5.52. The first kappa shape index (κ1) is 34.4. The highest BCUT2D eigenvalue weighted by molar-refractivity contribution is 7.92. The van der Waals surface area contributed by atoms with Gasteiger partial charge in [0.1, 0.15) is 24.1 Å². The molecule has 2 amide bonds. The van der Waals surface area contributed by atoms with Gasteiger partial charge in [0, 0.05) is 28.7 Å². The number of ether oxygens (including phenoxy) is 2. The Morgan fingerprint density at radius 2 is 1.67 bits per heavy atom. The number of nitrogens with one attached hydrogen (secondary N) is 1. The summed E-state index contributed by atoms with van der Waals surface area (Å²) in [5, 5.41) is 3.88. The average Bonchev–Trinajstić information content (AvgIpc) is 3.04. The van der Waals surface area contributed by atoms with E-state index in [9.17, 15) is 18.0 Å². The summed E-state index contributed by atoms with van der Waals surface area (Å²) in [6.07, 6.45) is 5.22. The second-order valence-electron chi connectivity index (χ2n) is 10.9. The monoisotopic (exact) mass is 675 g/mol. The van der Waals surface area contributed by atoms with Crippen molar-refractivity contribution >= 4 is 50.7 Å². The first-order chi connectivity index (χ1) is 21.6. The summed E-state index contributed by atoms with van der Waals surface area (Å²) in [6, 6.07) is 16.6. The number of nitrogens with zero attached hydrogens (tertiary/aromatic N) is 2. The van der Waals surface area contributed by atoms with Crippen LogP contribution in [-0.2, 0) is 26.2 Å². The maximum Gasteiger partial charge on any atom is 0.264 e.